The minimum Gasteiger partial charge on any atom is -0.480 e. The van der Waals surface area contributed by atoms with Crippen molar-refractivity contribution in [1.29, 1.82) is 0 Å². The maximum absolute atomic E-state index is 12.6. The van der Waals surface area contributed by atoms with Gasteiger partial charge in [0.2, 0.25) is 17.7 Å². The molecule has 0 aliphatic carbocycles. The highest BCUT2D eigenvalue weighted by Crippen LogP contribution is 2.19. The van der Waals surface area contributed by atoms with Crippen molar-refractivity contribution in [1.82, 2.24) is 15.5 Å². The molecular weight excluding hydrogens is 348 g/mol. The molecule has 1 saturated heterocycles. The minimum atomic E-state index is -1.51. The van der Waals surface area contributed by atoms with Gasteiger partial charge in [-0.3, -0.25) is 14.4 Å². The molecule has 5 atom stereocenters. The molecule has 5 unspecified atom stereocenters. The van der Waals surface area contributed by atoms with Gasteiger partial charge in [-0.2, -0.15) is 0 Å². The molecule has 3 amide bonds. The molecule has 11 heteroatoms. The standard InChI is InChI=1S/C15H26N4O7/c1-7(16)12(22)17-9(6-20)14(24)19-5-3-4-10(19)13(23)18-11(8(2)21)15(25)26/h7-11,20-21H,3-6,16H2,1-2H3,(H,17,22)(H,18,23)(H,25,26). The summed E-state index contributed by atoms with van der Waals surface area (Å²) < 4.78 is 0. The molecule has 0 spiro atoms. The number of amides is 3. The summed E-state index contributed by atoms with van der Waals surface area (Å²) in [6.45, 7) is 2.19. The van der Waals surface area contributed by atoms with E-state index in [2.05, 4.69) is 10.6 Å². The Balaban J connectivity index is 2.84. The fourth-order valence-corrected chi connectivity index (χ4v) is 2.63. The number of aliphatic carboxylic acids is 1. The van der Waals surface area contributed by atoms with Crippen molar-refractivity contribution in [2.45, 2.75) is 57.0 Å². The number of rotatable bonds is 8. The quantitative estimate of drug-likeness (QED) is 0.256. The molecule has 0 aromatic carbocycles. The van der Waals surface area contributed by atoms with Crippen LogP contribution in [0.4, 0.5) is 0 Å². The van der Waals surface area contributed by atoms with Gasteiger partial charge in [0, 0.05) is 6.54 Å². The van der Waals surface area contributed by atoms with Crippen molar-refractivity contribution in [2.24, 2.45) is 5.73 Å². The van der Waals surface area contributed by atoms with Crippen molar-refractivity contribution < 1.29 is 34.5 Å². The molecule has 1 fully saturated rings. The Labute approximate surface area is 150 Å². The third kappa shape index (κ3) is 5.38. The molecular formula is C15H26N4O7. The summed E-state index contributed by atoms with van der Waals surface area (Å²) in [7, 11) is 0. The van der Waals surface area contributed by atoms with Crippen LogP contribution in [0.15, 0.2) is 0 Å². The third-order valence-electron chi connectivity index (χ3n) is 4.10. The number of aliphatic hydroxyl groups excluding tert-OH is 2. The molecule has 1 aliphatic heterocycles. The number of carboxylic acids is 1. The normalized spacial score (nSPS) is 21.4. The molecule has 26 heavy (non-hydrogen) atoms. The van der Waals surface area contributed by atoms with E-state index in [1.165, 1.54) is 18.7 Å². The predicted octanol–water partition coefficient (Wildman–Crippen LogP) is -3.25. The van der Waals surface area contributed by atoms with Gasteiger partial charge in [0.15, 0.2) is 6.04 Å². The van der Waals surface area contributed by atoms with E-state index in [9.17, 15) is 29.4 Å². The highest BCUT2D eigenvalue weighted by molar-refractivity contribution is 5.94. The van der Waals surface area contributed by atoms with E-state index < -0.39 is 60.6 Å². The maximum atomic E-state index is 12.6. The van der Waals surface area contributed by atoms with Gasteiger partial charge >= 0.3 is 5.97 Å². The van der Waals surface area contributed by atoms with Crippen LogP contribution in [0.2, 0.25) is 0 Å². The Hall–Kier alpha value is -2.24. The van der Waals surface area contributed by atoms with E-state index in [0.717, 1.165) is 0 Å². The molecule has 0 aromatic heterocycles. The van der Waals surface area contributed by atoms with Gasteiger partial charge < -0.3 is 36.6 Å². The number of hydrogen-bond donors (Lipinski definition) is 6. The zero-order valence-electron chi connectivity index (χ0n) is 14.7. The lowest BCUT2D eigenvalue weighted by Gasteiger charge is -2.29. The third-order valence-corrected chi connectivity index (χ3v) is 4.10. The zero-order valence-corrected chi connectivity index (χ0v) is 14.7. The SMILES string of the molecule is CC(N)C(=O)NC(CO)C(=O)N1CCCC1C(=O)NC(C(=O)O)C(C)O. The van der Waals surface area contributed by atoms with Crippen LogP contribution in [0.3, 0.4) is 0 Å². The summed E-state index contributed by atoms with van der Waals surface area (Å²) in [6, 6.07) is -4.60. The van der Waals surface area contributed by atoms with Crippen LogP contribution in [-0.2, 0) is 19.2 Å². The van der Waals surface area contributed by atoms with Crippen LogP contribution >= 0.6 is 0 Å². The first kappa shape index (κ1) is 21.8. The van der Waals surface area contributed by atoms with E-state index >= 15 is 0 Å². The number of nitrogens with one attached hydrogen (secondary N) is 2. The molecule has 0 aromatic rings. The second-order valence-electron chi connectivity index (χ2n) is 6.29. The predicted molar refractivity (Wildman–Crippen MR) is 88.6 cm³/mol. The highest BCUT2D eigenvalue weighted by atomic mass is 16.4. The molecule has 1 aliphatic rings. The van der Waals surface area contributed by atoms with Gasteiger partial charge in [-0.15, -0.1) is 0 Å². The molecule has 0 radical (unpaired) electrons. The van der Waals surface area contributed by atoms with Crippen molar-refractivity contribution in [3.63, 3.8) is 0 Å². The highest BCUT2D eigenvalue weighted by Gasteiger charge is 2.39. The zero-order chi connectivity index (χ0) is 20.0. The Morgan fingerprint density at radius 3 is 2.31 bits per heavy atom. The molecule has 0 saturated carbocycles. The van der Waals surface area contributed by atoms with Crippen molar-refractivity contribution in [3.05, 3.63) is 0 Å². The first-order valence-corrected chi connectivity index (χ1v) is 8.28. The average Bonchev–Trinajstić information content (AvgIpc) is 3.05. The number of hydrogen-bond acceptors (Lipinski definition) is 7. The van der Waals surface area contributed by atoms with Crippen molar-refractivity contribution in [2.75, 3.05) is 13.2 Å². The first-order chi connectivity index (χ1) is 12.1. The molecule has 1 rings (SSSR count). The topological polar surface area (TPSA) is 182 Å². The number of aliphatic hydroxyl groups is 2. The largest absolute Gasteiger partial charge is 0.480 e. The summed E-state index contributed by atoms with van der Waals surface area (Å²) in [4.78, 5) is 48.9. The second-order valence-corrected chi connectivity index (χ2v) is 6.29. The van der Waals surface area contributed by atoms with Crippen LogP contribution in [0, 0.1) is 0 Å². The van der Waals surface area contributed by atoms with Gasteiger partial charge in [0.25, 0.3) is 0 Å². The summed E-state index contributed by atoms with van der Waals surface area (Å²) in [5, 5.41) is 32.4. The van der Waals surface area contributed by atoms with E-state index in [1.54, 1.807) is 0 Å². The lowest BCUT2D eigenvalue weighted by atomic mass is 10.1. The lowest BCUT2D eigenvalue weighted by Crippen LogP contribution is -2.58. The molecule has 11 nitrogen and oxygen atoms in total. The van der Waals surface area contributed by atoms with Crippen LogP contribution in [-0.4, -0.2) is 87.3 Å². The summed E-state index contributed by atoms with van der Waals surface area (Å²) in [5.41, 5.74) is 5.42. The number of likely N-dealkylation sites (tertiary alicyclic amines) is 1. The van der Waals surface area contributed by atoms with Gasteiger partial charge in [0.1, 0.15) is 12.1 Å². The summed E-state index contributed by atoms with van der Waals surface area (Å²) in [6.07, 6.45) is -0.531. The molecule has 7 N–H and O–H groups in total. The number of carbonyl (C=O) groups excluding carboxylic acids is 3. The van der Waals surface area contributed by atoms with E-state index in [1.807, 2.05) is 0 Å². The smallest absolute Gasteiger partial charge is 0.328 e. The van der Waals surface area contributed by atoms with E-state index in [4.69, 9.17) is 10.8 Å². The monoisotopic (exact) mass is 374 g/mol. The fraction of sp³-hybridized carbons (Fsp3) is 0.733. The minimum absolute atomic E-state index is 0.216. The van der Waals surface area contributed by atoms with Gasteiger partial charge in [-0.25, -0.2) is 4.79 Å². The Morgan fingerprint density at radius 2 is 1.85 bits per heavy atom. The fourth-order valence-electron chi connectivity index (χ4n) is 2.63. The van der Waals surface area contributed by atoms with Gasteiger partial charge in [-0.05, 0) is 26.7 Å². The first-order valence-electron chi connectivity index (χ1n) is 8.28. The molecule has 148 valence electrons. The van der Waals surface area contributed by atoms with Crippen LogP contribution in [0.25, 0.3) is 0 Å². The Morgan fingerprint density at radius 1 is 1.23 bits per heavy atom. The number of carbonyl (C=O) groups is 4. The molecule has 0 bridgehead atoms. The Kier molecular flexibility index (Phi) is 7.93. The summed E-state index contributed by atoms with van der Waals surface area (Å²) in [5.74, 6) is -3.42. The van der Waals surface area contributed by atoms with Gasteiger partial charge in [-0.1, -0.05) is 0 Å². The van der Waals surface area contributed by atoms with E-state index in [-0.39, 0.29) is 6.54 Å². The average molecular weight is 374 g/mol. The van der Waals surface area contributed by atoms with Crippen molar-refractivity contribution >= 4 is 23.7 Å². The Bertz CT molecular complexity index is 552. The lowest BCUT2D eigenvalue weighted by molar-refractivity contribution is -0.147. The van der Waals surface area contributed by atoms with Gasteiger partial charge in [0.05, 0.1) is 18.8 Å². The molecule has 1 heterocycles. The van der Waals surface area contributed by atoms with Crippen LogP contribution in [0.1, 0.15) is 26.7 Å². The summed E-state index contributed by atoms with van der Waals surface area (Å²) >= 11 is 0. The number of nitrogens with two attached hydrogens (primary N) is 1. The van der Waals surface area contributed by atoms with Crippen molar-refractivity contribution in [3.8, 4) is 0 Å². The number of nitrogens with zero attached hydrogens (tertiary/aromatic N) is 1. The van der Waals surface area contributed by atoms with Crippen LogP contribution in [0.5, 0.6) is 0 Å². The van der Waals surface area contributed by atoms with Crippen LogP contribution < -0.4 is 16.4 Å². The maximum Gasteiger partial charge on any atom is 0.328 e. The van der Waals surface area contributed by atoms with E-state index in [0.29, 0.717) is 12.8 Å². The second kappa shape index (κ2) is 9.46. The number of carboxylic acid groups (broad SMARTS) is 1.